The minimum atomic E-state index is -4.46. The monoisotopic (exact) mass is 282 g/mol. The molecule has 2 rings (SSSR count). The van der Waals surface area contributed by atoms with Crippen LogP contribution in [0.2, 0.25) is 0 Å². The summed E-state index contributed by atoms with van der Waals surface area (Å²) in [5.74, 6) is 0.0133. The Balaban J connectivity index is 2.28. The predicted octanol–water partition coefficient (Wildman–Crippen LogP) is 3.39. The first-order chi connectivity index (χ1) is 9.50. The zero-order valence-corrected chi connectivity index (χ0v) is 10.5. The molecule has 0 unspecified atom stereocenters. The van der Waals surface area contributed by atoms with Gasteiger partial charge in [-0.3, -0.25) is 4.98 Å². The Hall–Kier alpha value is -2.08. The molecule has 3 nitrogen and oxygen atoms in total. The third-order valence-corrected chi connectivity index (χ3v) is 2.62. The molecule has 6 heteroatoms. The van der Waals surface area contributed by atoms with Crippen LogP contribution in [-0.2, 0) is 12.6 Å². The molecule has 0 aliphatic heterocycles. The smallest absolute Gasteiger partial charge is 0.419 e. The third kappa shape index (κ3) is 3.48. The number of alkyl halides is 3. The van der Waals surface area contributed by atoms with Crippen LogP contribution in [0, 0.1) is 0 Å². The number of aromatic nitrogens is 1. The molecule has 1 heterocycles. The summed E-state index contributed by atoms with van der Waals surface area (Å²) in [7, 11) is 0. The summed E-state index contributed by atoms with van der Waals surface area (Å²) < 4.78 is 43.8. The molecule has 0 spiro atoms. The molecule has 1 aromatic carbocycles. The van der Waals surface area contributed by atoms with Crippen LogP contribution < -0.4 is 10.5 Å². The van der Waals surface area contributed by atoms with Crippen LogP contribution in [0.5, 0.6) is 11.5 Å². The highest BCUT2D eigenvalue weighted by atomic mass is 19.4. The van der Waals surface area contributed by atoms with E-state index in [1.807, 2.05) is 0 Å². The molecule has 0 aliphatic rings. The maximum absolute atomic E-state index is 12.8. The molecule has 0 bridgehead atoms. The molecule has 0 radical (unpaired) electrons. The summed E-state index contributed by atoms with van der Waals surface area (Å²) in [6.45, 7) is 0.435. The van der Waals surface area contributed by atoms with Crippen molar-refractivity contribution < 1.29 is 17.9 Å². The average molecular weight is 282 g/mol. The van der Waals surface area contributed by atoms with Crippen molar-refractivity contribution in [1.29, 1.82) is 0 Å². The number of para-hydroxylation sites is 1. The second-order valence-corrected chi connectivity index (χ2v) is 4.16. The van der Waals surface area contributed by atoms with Gasteiger partial charge in [-0.25, -0.2) is 0 Å². The lowest BCUT2D eigenvalue weighted by Crippen LogP contribution is -2.07. The minimum absolute atomic E-state index is 0.244. The Morgan fingerprint density at radius 1 is 1.15 bits per heavy atom. The Bertz CT molecular complexity index is 585. The number of ether oxygens (including phenoxy) is 1. The van der Waals surface area contributed by atoms with Gasteiger partial charge < -0.3 is 10.5 Å². The average Bonchev–Trinajstić information content (AvgIpc) is 2.39. The number of hydrogen-bond acceptors (Lipinski definition) is 3. The Kier molecular flexibility index (Phi) is 4.24. The van der Waals surface area contributed by atoms with Gasteiger partial charge in [-0.1, -0.05) is 12.1 Å². The van der Waals surface area contributed by atoms with Crippen LogP contribution in [0.4, 0.5) is 13.2 Å². The summed E-state index contributed by atoms with van der Waals surface area (Å²) in [4.78, 5) is 3.93. The third-order valence-electron chi connectivity index (χ3n) is 2.62. The molecule has 20 heavy (non-hydrogen) atoms. The normalized spacial score (nSPS) is 11.4. The van der Waals surface area contributed by atoms with Crippen molar-refractivity contribution in [3.05, 3.63) is 53.9 Å². The number of nitrogens with two attached hydrogens (primary N) is 1. The molecule has 2 aromatic rings. The van der Waals surface area contributed by atoms with Gasteiger partial charge in [0.25, 0.3) is 0 Å². The van der Waals surface area contributed by atoms with E-state index in [-0.39, 0.29) is 11.5 Å². The molecule has 106 valence electrons. The van der Waals surface area contributed by atoms with Gasteiger partial charge in [0.05, 0.1) is 11.8 Å². The second-order valence-electron chi connectivity index (χ2n) is 4.16. The van der Waals surface area contributed by atoms with E-state index in [1.54, 1.807) is 12.3 Å². The van der Waals surface area contributed by atoms with Gasteiger partial charge in [-0.2, -0.15) is 13.2 Å². The number of pyridine rings is 1. The largest absolute Gasteiger partial charge is 0.455 e. The molecule has 0 aliphatic carbocycles. The van der Waals surface area contributed by atoms with Gasteiger partial charge in [0.1, 0.15) is 11.5 Å². The topological polar surface area (TPSA) is 48.1 Å². The van der Waals surface area contributed by atoms with Crippen LogP contribution in [0.1, 0.15) is 11.1 Å². The van der Waals surface area contributed by atoms with E-state index in [1.165, 1.54) is 24.4 Å². The van der Waals surface area contributed by atoms with E-state index in [9.17, 15) is 13.2 Å². The highest BCUT2D eigenvalue weighted by Crippen LogP contribution is 2.37. The van der Waals surface area contributed by atoms with Crippen LogP contribution in [0.25, 0.3) is 0 Å². The second kappa shape index (κ2) is 5.92. The summed E-state index contributed by atoms with van der Waals surface area (Å²) in [6, 6.07) is 6.69. The van der Waals surface area contributed by atoms with Crippen molar-refractivity contribution in [2.45, 2.75) is 12.6 Å². The van der Waals surface area contributed by atoms with Crippen molar-refractivity contribution in [1.82, 2.24) is 4.98 Å². The Labute approximate surface area is 114 Å². The van der Waals surface area contributed by atoms with Crippen molar-refractivity contribution in [3.8, 4) is 11.5 Å². The summed E-state index contributed by atoms with van der Waals surface area (Å²) in [6.07, 6.45) is -0.896. The lowest BCUT2D eigenvalue weighted by Gasteiger charge is -2.13. The van der Waals surface area contributed by atoms with E-state index in [2.05, 4.69) is 4.98 Å². The first-order valence-electron chi connectivity index (χ1n) is 5.99. The standard InChI is InChI=1S/C14H13F3N2O/c15-14(16,17)12-3-1-2-4-13(12)20-11-7-10(5-6-18)8-19-9-11/h1-4,7-9H,5-6,18H2. The van der Waals surface area contributed by atoms with Gasteiger partial charge in [0.2, 0.25) is 0 Å². The van der Waals surface area contributed by atoms with Gasteiger partial charge in [-0.15, -0.1) is 0 Å². The first-order valence-corrected chi connectivity index (χ1v) is 5.99. The van der Waals surface area contributed by atoms with Crippen LogP contribution in [0.3, 0.4) is 0 Å². The molecule has 0 fully saturated rings. The van der Waals surface area contributed by atoms with Crippen molar-refractivity contribution >= 4 is 0 Å². The lowest BCUT2D eigenvalue weighted by molar-refractivity contribution is -0.138. The highest BCUT2D eigenvalue weighted by Gasteiger charge is 2.34. The predicted molar refractivity (Wildman–Crippen MR) is 68.5 cm³/mol. The molecule has 2 N–H and O–H groups in total. The fraction of sp³-hybridized carbons (Fsp3) is 0.214. The number of hydrogen-bond donors (Lipinski definition) is 1. The molecule has 0 saturated carbocycles. The molecule has 0 atom stereocenters. The van der Waals surface area contributed by atoms with Gasteiger partial charge >= 0.3 is 6.18 Å². The quantitative estimate of drug-likeness (QED) is 0.935. The van der Waals surface area contributed by atoms with Crippen molar-refractivity contribution in [3.63, 3.8) is 0 Å². The van der Waals surface area contributed by atoms with E-state index in [0.717, 1.165) is 11.6 Å². The highest BCUT2D eigenvalue weighted by molar-refractivity contribution is 5.39. The fourth-order valence-corrected chi connectivity index (χ4v) is 1.74. The zero-order valence-electron chi connectivity index (χ0n) is 10.5. The molecular formula is C14H13F3N2O. The van der Waals surface area contributed by atoms with E-state index < -0.39 is 11.7 Å². The van der Waals surface area contributed by atoms with Gasteiger partial charge in [0, 0.05) is 6.20 Å². The number of nitrogens with zero attached hydrogens (tertiary/aromatic N) is 1. The lowest BCUT2D eigenvalue weighted by atomic mass is 10.2. The van der Waals surface area contributed by atoms with Crippen LogP contribution in [-0.4, -0.2) is 11.5 Å². The molecule has 0 amide bonds. The summed E-state index contributed by atoms with van der Waals surface area (Å²) >= 11 is 0. The summed E-state index contributed by atoms with van der Waals surface area (Å²) in [5.41, 5.74) is 5.43. The van der Waals surface area contributed by atoms with Crippen LogP contribution in [0.15, 0.2) is 42.7 Å². The van der Waals surface area contributed by atoms with Crippen molar-refractivity contribution in [2.75, 3.05) is 6.54 Å². The van der Waals surface area contributed by atoms with Gasteiger partial charge in [0.15, 0.2) is 0 Å². The fourth-order valence-electron chi connectivity index (χ4n) is 1.74. The van der Waals surface area contributed by atoms with E-state index in [0.29, 0.717) is 13.0 Å². The molecule has 1 aromatic heterocycles. The number of rotatable bonds is 4. The molecular weight excluding hydrogens is 269 g/mol. The van der Waals surface area contributed by atoms with E-state index >= 15 is 0 Å². The summed E-state index contributed by atoms with van der Waals surface area (Å²) in [5, 5.41) is 0. The van der Waals surface area contributed by atoms with Crippen molar-refractivity contribution in [2.24, 2.45) is 5.73 Å². The Morgan fingerprint density at radius 2 is 1.90 bits per heavy atom. The zero-order chi connectivity index (χ0) is 14.6. The maximum Gasteiger partial charge on any atom is 0.419 e. The van der Waals surface area contributed by atoms with Gasteiger partial charge in [-0.05, 0) is 36.7 Å². The number of benzene rings is 1. The first kappa shape index (κ1) is 14.3. The Morgan fingerprint density at radius 3 is 2.60 bits per heavy atom. The number of halogens is 3. The van der Waals surface area contributed by atoms with Crippen LogP contribution >= 0.6 is 0 Å². The minimum Gasteiger partial charge on any atom is -0.455 e. The molecule has 0 saturated heterocycles. The maximum atomic E-state index is 12.8. The van der Waals surface area contributed by atoms with E-state index in [4.69, 9.17) is 10.5 Å². The SMILES string of the molecule is NCCc1cncc(Oc2ccccc2C(F)(F)F)c1.